The van der Waals surface area contributed by atoms with E-state index in [-0.39, 0.29) is 18.5 Å². The Morgan fingerprint density at radius 3 is 2.46 bits per heavy atom. The van der Waals surface area contributed by atoms with Gasteiger partial charge in [0.1, 0.15) is 12.4 Å². The summed E-state index contributed by atoms with van der Waals surface area (Å²) in [5, 5.41) is 0. The lowest BCUT2D eigenvalue weighted by molar-refractivity contribution is -0.134. The molecule has 24 heavy (non-hydrogen) atoms. The fraction of sp³-hybridized carbons (Fsp3) is 0.353. The fourth-order valence-electron chi connectivity index (χ4n) is 1.83. The van der Waals surface area contributed by atoms with E-state index in [4.69, 9.17) is 20.9 Å². The Bertz CT molecular complexity index is 578. The summed E-state index contributed by atoms with van der Waals surface area (Å²) in [6.07, 6.45) is 4.15. The number of carbonyl (C=O) groups is 2. The van der Waals surface area contributed by atoms with Crippen molar-refractivity contribution in [3.05, 3.63) is 42.5 Å². The molecule has 1 aromatic carbocycles. The highest BCUT2D eigenvalue weighted by Crippen LogP contribution is 2.14. The SMILES string of the molecule is C=CCOC(=O)c1ccc(OC(=O)CCCCCN=C(N)N)cc1. The minimum atomic E-state index is -0.450. The molecule has 0 aliphatic carbocycles. The fourth-order valence-corrected chi connectivity index (χ4v) is 1.83. The second-order valence-corrected chi connectivity index (χ2v) is 5.00. The quantitative estimate of drug-likeness (QED) is 0.168. The number of unbranched alkanes of at least 4 members (excludes halogenated alkanes) is 2. The Morgan fingerprint density at radius 2 is 1.83 bits per heavy atom. The molecule has 0 fully saturated rings. The number of nitrogens with zero attached hydrogens (tertiary/aromatic N) is 1. The molecule has 0 saturated heterocycles. The predicted octanol–water partition coefficient (Wildman–Crippen LogP) is 1.77. The molecule has 0 bridgehead atoms. The molecule has 1 aromatic rings. The number of rotatable bonds is 10. The number of hydrogen-bond donors (Lipinski definition) is 2. The zero-order chi connectivity index (χ0) is 17.8. The Hall–Kier alpha value is -2.83. The van der Waals surface area contributed by atoms with Gasteiger partial charge < -0.3 is 20.9 Å². The number of carbonyl (C=O) groups excluding carboxylic acids is 2. The second kappa shape index (κ2) is 10.8. The average Bonchev–Trinajstić information content (AvgIpc) is 2.56. The maximum Gasteiger partial charge on any atom is 0.338 e. The van der Waals surface area contributed by atoms with Crippen LogP contribution in [0.25, 0.3) is 0 Å². The van der Waals surface area contributed by atoms with Crippen molar-refractivity contribution < 1.29 is 19.1 Å². The third kappa shape index (κ3) is 7.98. The third-order valence-electron chi connectivity index (χ3n) is 2.99. The van der Waals surface area contributed by atoms with Gasteiger partial charge in [-0.15, -0.1) is 0 Å². The molecular formula is C17H23N3O4. The van der Waals surface area contributed by atoms with Crippen LogP contribution in [0.4, 0.5) is 0 Å². The van der Waals surface area contributed by atoms with E-state index in [1.807, 2.05) is 0 Å². The summed E-state index contributed by atoms with van der Waals surface area (Å²) in [4.78, 5) is 27.2. The molecule has 0 aliphatic heterocycles. The summed E-state index contributed by atoms with van der Waals surface area (Å²) in [5.74, 6) is -0.306. The van der Waals surface area contributed by atoms with Gasteiger partial charge in [0.15, 0.2) is 5.96 Å². The van der Waals surface area contributed by atoms with Crippen LogP contribution in [-0.4, -0.2) is 31.0 Å². The summed E-state index contributed by atoms with van der Waals surface area (Å²) in [5.41, 5.74) is 10.8. The Kier molecular flexibility index (Phi) is 8.67. The highest BCUT2D eigenvalue weighted by atomic mass is 16.5. The monoisotopic (exact) mass is 333 g/mol. The standard InChI is InChI=1S/C17H23N3O4/c1-2-12-23-16(22)13-7-9-14(10-8-13)24-15(21)6-4-3-5-11-20-17(18)19/h2,7-10H,1,3-6,11-12H2,(H4,18,19,20). The van der Waals surface area contributed by atoms with E-state index in [1.54, 1.807) is 24.3 Å². The van der Waals surface area contributed by atoms with E-state index in [1.165, 1.54) is 6.08 Å². The van der Waals surface area contributed by atoms with Crippen molar-refractivity contribution in [1.82, 2.24) is 0 Å². The minimum absolute atomic E-state index is 0.0752. The predicted molar refractivity (Wildman–Crippen MR) is 91.7 cm³/mol. The molecular weight excluding hydrogens is 310 g/mol. The van der Waals surface area contributed by atoms with Gasteiger partial charge >= 0.3 is 11.9 Å². The first-order chi connectivity index (χ1) is 11.5. The van der Waals surface area contributed by atoms with Crippen LogP contribution in [-0.2, 0) is 9.53 Å². The van der Waals surface area contributed by atoms with Crippen molar-refractivity contribution in [2.75, 3.05) is 13.2 Å². The lowest BCUT2D eigenvalue weighted by Crippen LogP contribution is -2.22. The van der Waals surface area contributed by atoms with Gasteiger partial charge in [-0.3, -0.25) is 9.79 Å². The molecule has 0 atom stereocenters. The molecule has 7 heteroatoms. The molecule has 130 valence electrons. The first kappa shape index (κ1) is 19.2. The number of aliphatic imine (C=N–C) groups is 1. The molecule has 0 radical (unpaired) electrons. The smallest absolute Gasteiger partial charge is 0.338 e. The van der Waals surface area contributed by atoms with Gasteiger partial charge in [0.2, 0.25) is 0 Å². The summed E-state index contributed by atoms with van der Waals surface area (Å²) in [6.45, 7) is 4.18. The van der Waals surface area contributed by atoms with Crippen LogP contribution < -0.4 is 16.2 Å². The van der Waals surface area contributed by atoms with Crippen LogP contribution >= 0.6 is 0 Å². The van der Waals surface area contributed by atoms with E-state index < -0.39 is 5.97 Å². The highest BCUT2D eigenvalue weighted by molar-refractivity contribution is 5.89. The maximum atomic E-state index is 11.7. The van der Waals surface area contributed by atoms with E-state index >= 15 is 0 Å². The first-order valence-electron chi connectivity index (χ1n) is 7.67. The van der Waals surface area contributed by atoms with Crippen LogP contribution in [0.5, 0.6) is 5.75 Å². The molecule has 0 unspecified atom stereocenters. The van der Waals surface area contributed by atoms with Crippen LogP contribution in [0, 0.1) is 0 Å². The first-order valence-corrected chi connectivity index (χ1v) is 7.67. The Labute approximate surface area is 141 Å². The molecule has 0 amide bonds. The van der Waals surface area contributed by atoms with Crippen LogP contribution in [0.2, 0.25) is 0 Å². The van der Waals surface area contributed by atoms with E-state index in [9.17, 15) is 9.59 Å². The van der Waals surface area contributed by atoms with Gasteiger partial charge in [0.05, 0.1) is 5.56 Å². The number of guanidine groups is 1. The van der Waals surface area contributed by atoms with Crippen molar-refractivity contribution in [3.8, 4) is 5.75 Å². The largest absolute Gasteiger partial charge is 0.458 e. The Balaban J connectivity index is 2.30. The molecule has 4 N–H and O–H groups in total. The molecule has 0 heterocycles. The average molecular weight is 333 g/mol. The number of esters is 2. The van der Waals surface area contributed by atoms with Crippen LogP contribution in [0.15, 0.2) is 41.9 Å². The summed E-state index contributed by atoms with van der Waals surface area (Å²) < 4.78 is 10.1. The van der Waals surface area contributed by atoms with Gasteiger partial charge in [0.25, 0.3) is 0 Å². The molecule has 0 aliphatic rings. The van der Waals surface area contributed by atoms with Crippen molar-refractivity contribution in [2.24, 2.45) is 16.5 Å². The van der Waals surface area contributed by atoms with Crippen molar-refractivity contribution >= 4 is 17.9 Å². The van der Waals surface area contributed by atoms with Crippen molar-refractivity contribution in [1.29, 1.82) is 0 Å². The van der Waals surface area contributed by atoms with E-state index in [0.717, 1.165) is 12.8 Å². The van der Waals surface area contributed by atoms with Gasteiger partial charge in [0, 0.05) is 13.0 Å². The third-order valence-corrected chi connectivity index (χ3v) is 2.99. The van der Waals surface area contributed by atoms with Crippen LogP contribution in [0.3, 0.4) is 0 Å². The maximum absolute atomic E-state index is 11.7. The molecule has 0 spiro atoms. The zero-order valence-corrected chi connectivity index (χ0v) is 13.6. The zero-order valence-electron chi connectivity index (χ0n) is 13.6. The summed E-state index contributed by atoms with van der Waals surface area (Å²) in [6, 6.07) is 6.20. The molecule has 0 saturated carbocycles. The van der Waals surface area contributed by atoms with E-state index in [2.05, 4.69) is 11.6 Å². The minimum Gasteiger partial charge on any atom is -0.458 e. The van der Waals surface area contributed by atoms with Crippen molar-refractivity contribution in [2.45, 2.75) is 25.7 Å². The van der Waals surface area contributed by atoms with Gasteiger partial charge in [-0.25, -0.2) is 4.79 Å². The lowest BCUT2D eigenvalue weighted by Gasteiger charge is -2.06. The van der Waals surface area contributed by atoms with Crippen LogP contribution in [0.1, 0.15) is 36.0 Å². The number of nitrogens with two attached hydrogens (primary N) is 2. The number of hydrogen-bond acceptors (Lipinski definition) is 5. The lowest BCUT2D eigenvalue weighted by atomic mass is 10.2. The number of ether oxygens (including phenoxy) is 2. The van der Waals surface area contributed by atoms with Gasteiger partial charge in [-0.05, 0) is 37.1 Å². The topological polar surface area (TPSA) is 117 Å². The summed E-state index contributed by atoms with van der Waals surface area (Å²) >= 11 is 0. The second-order valence-electron chi connectivity index (χ2n) is 5.00. The molecule has 1 rings (SSSR count). The number of benzene rings is 1. The normalized spacial score (nSPS) is 9.83. The van der Waals surface area contributed by atoms with Gasteiger partial charge in [-0.2, -0.15) is 0 Å². The highest BCUT2D eigenvalue weighted by Gasteiger charge is 2.08. The molecule has 7 nitrogen and oxygen atoms in total. The molecule has 0 aromatic heterocycles. The van der Waals surface area contributed by atoms with Crippen molar-refractivity contribution in [3.63, 3.8) is 0 Å². The Morgan fingerprint density at radius 1 is 1.12 bits per heavy atom. The van der Waals surface area contributed by atoms with Gasteiger partial charge in [-0.1, -0.05) is 19.1 Å². The summed E-state index contributed by atoms with van der Waals surface area (Å²) in [7, 11) is 0. The van der Waals surface area contributed by atoms with E-state index in [0.29, 0.717) is 30.7 Å².